The molecule has 0 atom stereocenters. The van der Waals surface area contributed by atoms with Gasteiger partial charge in [-0.2, -0.15) is 0 Å². The van der Waals surface area contributed by atoms with Crippen LogP contribution in [0.2, 0.25) is 0 Å². The molecule has 0 aromatic heterocycles. The van der Waals surface area contributed by atoms with Crippen LogP contribution in [-0.2, 0) is 6.42 Å². The number of rotatable bonds is 4. The first-order valence-corrected chi connectivity index (χ1v) is 10.1. The van der Waals surface area contributed by atoms with Gasteiger partial charge in [-0.15, -0.1) is 0 Å². The summed E-state index contributed by atoms with van der Waals surface area (Å²) in [5.74, 6) is 0.629. The minimum atomic E-state index is -0.0498. The van der Waals surface area contributed by atoms with Gasteiger partial charge in [0.15, 0.2) is 0 Å². The van der Waals surface area contributed by atoms with Crippen molar-refractivity contribution in [3.63, 3.8) is 0 Å². The maximum Gasteiger partial charge on any atom is 0.258 e. The summed E-state index contributed by atoms with van der Waals surface area (Å²) in [6.45, 7) is 0.633. The molecule has 0 unspecified atom stereocenters. The van der Waals surface area contributed by atoms with Gasteiger partial charge in [0.2, 0.25) is 0 Å². The van der Waals surface area contributed by atoms with Crippen molar-refractivity contribution in [1.82, 2.24) is 5.32 Å². The van der Waals surface area contributed by atoms with E-state index in [1.807, 2.05) is 18.2 Å². The Morgan fingerprint density at radius 1 is 1.00 bits per heavy atom. The highest BCUT2D eigenvalue weighted by molar-refractivity contribution is 6.08. The molecular formula is C23H26N2O3. The van der Waals surface area contributed by atoms with Crippen molar-refractivity contribution in [2.24, 2.45) is 0 Å². The first-order chi connectivity index (χ1) is 13.7. The van der Waals surface area contributed by atoms with E-state index in [-0.39, 0.29) is 17.9 Å². The zero-order chi connectivity index (χ0) is 19.5. The highest BCUT2D eigenvalue weighted by atomic mass is 16.5. The van der Waals surface area contributed by atoms with Gasteiger partial charge >= 0.3 is 0 Å². The lowest BCUT2D eigenvalue weighted by Gasteiger charge is -2.23. The van der Waals surface area contributed by atoms with Crippen LogP contribution in [0.25, 0.3) is 0 Å². The second kappa shape index (κ2) is 8.05. The Morgan fingerprint density at radius 2 is 1.71 bits per heavy atom. The Kier molecular flexibility index (Phi) is 5.33. The van der Waals surface area contributed by atoms with Crippen LogP contribution in [0.15, 0.2) is 42.5 Å². The molecule has 1 fully saturated rings. The Balaban J connectivity index is 1.52. The summed E-state index contributed by atoms with van der Waals surface area (Å²) in [6, 6.07) is 13.1. The van der Waals surface area contributed by atoms with Gasteiger partial charge in [0.25, 0.3) is 11.8 Å². The smallest absolute Gasteiger partial charge is 0.258 e. The normalized spacial score (nSPS) is 16.5. The van der Waals surface area contributed by atoms with Crippen LogP contribution in [0.3, 0.4) is 0 Å². The maximum atomic E-state index is 13.0. The summed E-state index contributed by atoms with van der Waals surface area (Å²) < 4.78 is 5.17. The minimum absolute atomic E-state index is 0.0431. The number of carbonyl (C=O) groups excluding carboxylic acids is 2. The highest BCUT2D eigenvalue weighted by Crippen LogP contribution is 2.31. The second-order valence-corrected chi connectivity index (χ2v) is 7.59. The zero-order valence-corrected chi connectivity index (χ0v) is 16.2. The summed E-state index contributed by atoms with van der Waals surface area (Å²) in [7, 11) is 1.60. The molecule has 1 aliphatic carbocycles. The second-order valence-electron chi connectivity index (χ2n) is 7.59. The summed E-state index contributed by atoms with van der Waals surface area (Å²) in [6.07, 6.45) is 6.53. The number of nitrogens with one attached hydrogen (secondary N) is 1. The van der Waals surface area contributed by atoms with E-state index >= 15 is 0 Å². The molecule has 0 saturated heterocycles. The third-order valence-corrected chi connectivity index (χ3v) is 5.77. The van der Waals surface area contributed by atoms with E-state index < -0.39 is 0 Å². The number of fused-ring (bicyclic) bond motifs is 1. The molecule has 0 bridgehead atoms. The molecule has 2 aliphatic rings. The average Bonchev–Trinajstić information content (AvgIpc) is 3.17. The minimum Gasteiger partial charge on any atom is -0.497 e. The number of hydrogen-bond donors (Lipinski definition) is 1. The number of anilines is 1. The predicted octanol–water partition coefficient (Wildman–Crippen LogP) is 3.96. The molecule has 1 aliphatic heterocycles. The lowest BCUT2D eigenvalue weighted by molar-refractivity contribution is 0.0926. The molecule has 28 heavy (non-hydrogen) atoms. The molecule has 5 nitrogen and oxygen atoms in total. The van der Waals surface area contributed by atoms with E-state index in [0.717, 1.165) is 36.3 Å². The molecule has 146 valence electrons. The number of amides is 2. The third-order valence-electron chi connectivity index (χ3n) is 5.77. The van der Waals surface area contributed by atoms with Crippen LogP contribution in [0, 0.1) is 0 Å². The molecule has 2 amide bonds. The number of methoxy groups -OCH3 is 1. The largest absolute Gasteiger partial charge is 0.497 e. The van der Waals surface area contributed by atoms with Gasteiger partial charge in [-0.1, -0.05) is 25.3 Å². The third kappa shape index (κ3) is 3.75. The average molecular weight is 378 g/mol. The quantitative estimate of drug-likeness (QED) is 0.876. The number of carbonyl (C=O) groups is 2. The van der Waals surface area contributed by atoms with Gasteiger partial charge < -0.3 is 15.0 Å². The van der Waals surface area contributed by atoms with Crippen molar-refractivity contribution >= 4 is 17.5 Å². The fraction of sp³-hybridized carbons (Fsp3) is 0.391. The monoisotopic (exact) mass is 378 g/mol. The van der Waals surface area contributed by atoms with E-state index in [1.165, 1.54) is 19.3 Å². The lowest BCUT2D eigenvalue weighted by Crippen LogP contribution is -2.36. The molecule has 4 rings (SSSR count). The maximum absolute atomic E-state index is 13.0. The van der Waals surface area contributed by atoms with Crippen molar-refractivity contribution in [3.8, 4) is 5.75 Å². The van der Waals surface area contributed by atoms with E-state index in [9.17, 15) is 9.59 Å². The first-order valence-electron chi connectivity index (χ1n) is 10.1. The Bertz CT molecular complexity index is 870. The van der Waals surface area contributed by atoms with Gasteiger partial charge in [-0.25, -0.2) is 0 Å². The number of benzene rings is 2. The van der Waals surface area contributed by atoms with Crippen LogP contribution in [0.4, 0.5) is 5.69 Å². The first kappa shape index (κ1) is 18.5. The number of hydrogen-bond acceptors (Lipinski definition) is 3. The van der Waals surface area contributed by atoms with Crippen LogP contribution < -0.4 is 15.0 Å². The molecule has 0 spiro atoms. The van der Waals surface area contributed by atoms with Crippen molar-refractivity contribution in [2.75, 3.05) is 18.6 Å². The molecule has 5 heteroatoms. The lowest BCUT2D eigenvalue weighted by atomic mass is 9.95. The van der Waals surface area contributed by atoms with E-state index in [1.54, 1.807) is 36.3 Å². The van der Waals surface area contributed by atoms with Gasteiger partial charge in [-0.05, 0) is 61.2 Å². The van der Waals surface area contributed by atoms with Crippen LogP contribution in [-0.4, -0.2) is 31.5 Å². The molecule has 1 heterocycles. The van der Waals surface area contributed by atoms with E-state index in [4.69, 9.17) is 4.74 Å². The molecule has 1 N–H and O–H groups in total. The SMILES string of the molecule is COc1ccc(C(=O)N2CCc3ccc(C(=O)NC4CCCCC4)cc32)cc1. The van der Waals surface area contributed by atoms with Crippen molar-refractivity contribution in [1.29, 1.82) is 0 Å². The standard InChI is InChI=1S/C23H26N2O3/c1-28-20-11-9-17(10-12-20)23(27)25-14-13-16-7-8-18(15-21(16)25)22(26)24-19-5-3-2-4-6-19/h7-12,15,19H,2-6,13-14H2,1H3,(H,24,26). The summed E-state index contributed by atoms with van der Waals surface area (Å²) in [5, 5.41) is 3.16. The van der Waals surface area contributed by atoms with Gasteiger partial charge in [0.05, 0.1) is 7.11 Å². The van der Waals surface area contributed by atoms with Crippen LogP contribution in [0.5, 0.6) is 5.75 Å². The van der Waals surface area contributed by atoms with Gasteiger partial charge in [-0.3, -0.25) is 9.59 Å². The van der Waals surface area contributed by atoms with Gasteiger partial charge in [0, 0.05) is 29.4 Å². The number of ether oxygens (including phenoxy) is 1. The molecule has 2 aromatic rings. The summed E-state index contributed by atoms with van der Waals surface area (Å²) in [5.41, 5.74) is 3.19. The highest BCUT2D eigenvalue weighted by Gasteiger charge is 2.27. The molecule has 1 saturated carbocycles. The Hall–Kier alpha value is -2.82. The predicted molar refractivity (Wildman–Crippen MR) is 109 cm³/mol. The zero-order valence-electron chi connectivity index (χ0n) is 16.2. The van der Waals surface area contributed by atoms with E-state index in [2.05, 4.69) is 5.32 Å². The van der Waals surface area contributed by atoms with Crippen molar-refractivity contribution in [3.05, 3.63) is 59.2 Å². The van der Waals surface area contributed by atoms with Crippen LogP contribution >= 0.6 is 0 Å². The van der Waals surface area contributed by atoms with Crippen molar-refractivity contribution < 1.29 is 14.3 Å². The summed E-state index contributed by atoms with van der Waals surface area (Å²) in [4.78, 5) is 27.5. The molecule has 2 aromatic carbocycles. The fourth-order valence-electron chi connectivity index (χ4n) is 4.14. The van der Waals surface area contributed by atoms with Crippen LogP contribution in [0.1, 0.15) is 58.4 Å². The van der Waals surface area contributed by atoms with Crippen molar-refractivity contribution in [2.45, 2.75) is 44.6 Å². The Morgan fingerprint density at radius 3 is 2.43 bits per heavy atom. The molecule has 0 radical (unpaired) electrons. The Labute approximate surface area is 165 Å². The molecular weight excluding hydrogens is 352 g/mol. The van der Waals surface area contributed by atoms with E-state index in [0.29, 0.717) is 17.7 Å². The van der Waals surface area contributed by atoms with Gasteiger partial charge in [0.1, 0.15) is 5.75 Å². The summed E-state index contributed by atoms with van der Waals surface area (Å²) >= 11 is 0. The fourth-order valence-corrected chi connectivity index (χ4v) is 4.14. The number of nitrogens with zero attached hydrogens (tertiary/aromatic N) is 1. The topological polar surface area (TPSA) is 58.6 Å².